The number of nitrogen functional groups attached to an aromatic ring is 1. The molecule has 130 valence electrons. The molecule has 0 amide bonds. The first-order chi connectivity index (χ1) is 12.0. The molecule has 1 aromatic heterocycles. The standard InChI is InChI=1S/C19H22N4O2/c1-13-16(7-8-17(24)25)18(22-19(20)21-13)23-11-9-15(10-12-23)14-5-3-2-4-6-14/h2-6,9H,7-8,10-12H2,1H3,(H,24,25)(H2,20,21,22). The van der Waals surface area contributed by atoms with Crippen molar-refractivity contribution >= 4 is 23.3 Å². The van der Waals surface area contributed by atoms with Gasteiger partial charge in [0.1, 0.15) is 5.82 Å². The number of aryl methyl sites for hydroxylation is 1. The Balaban J connectivity index is 1.85. The molecule has 0 atom stereocenters. The van der Waals surface area contributed by atoms with Crippen molar-refractivity contribution in [2.24, 2.45) is 0 Å². The van der Waals surface area contributed by atoms with Crippen molar-refractivity contribution in [3.63, 3.8) is 0 Å². The Hall–Kier alpha value is -2.89. The lowest BCUT2D eigenvalue weighted by atomic mass is 9.99. The number of carboxylic acid groups (broad SMARTS) is 1. The SMILES string of the molecule is Cc1nc(N)nc(N2CC=C(c3ccccc3)CC2)c1CCC(=O)O. The number of aliphatic carboxylic acids is 1. The molecule has 3 N–H and O–H groups in total. The number of benzene rings is 1. The monoisotopic (exact) mass is 338 g/mol. The van der Waals surface area contributed by atoms with Crippen LogP contribution in [0.1, 0.15) is 29.7 Å². The van der Waals surface area contributed by atoms with Crippen molar-refractivity contribution in [1.29, 1.82) is 0 Å². The van der Waals surface area contributed by atoms with Gasteiger partial charge in [0.25, 0.3) is 0 Å². The van der Waals surface area contributed by atoms with E-state index in [1.807, 2.05) is 25.1 Å². The molecule has 25 heavy (non-hydrogen) atoms. The molecule has 2 heterocycles. The van der Waals surface area contributed by atoms with Gasteiger partial charge < -0.3 is 15.7 Å². The highest BCUT2D eigenvalue weighted by Gasteiger charge is 2.20. The maximum atomic E-state index is 10.9. The fraction of sp³-hybridized carbons (Fsp3) is 0.316. The molecule has 6 heteroatoms. The summed E-state index contributed by atoms with van der Waals surface area (Å²) in [5.41, 5.74) is 10.0. The maximum absolute atomic E-state index is 10.9. The Morgan fingerprint density at radius 1 is 1.28 bits per heavy atom. The molecule has 0 fully saturated rings. The molecular weight excluding hydrogens is 316 g/mol. The van der Waals surface area contributed by atoms with Gasteiger partial charge in [-0.25, -0.2) is 4.98 Å². The van der Waals surface area contributed by atoms with E-state index in [0.717, 1.165) is 36.6 Å². The predicted octanol–water partition coefficient (Wildman–Crippen LogP) is 2.68. The van der Waals surface area contributed by atoms with Gasteiger partial charge in [-0.2, -0.15) is 4.98 Å². The van der Waals surface area contributed by atoms with Gasteiger partial charge >= 0.3 is 5.97 Å². The first kappa shape index (κ1) is 17.0. The van der Waals surface area contributed by atoms with Crippen LogP contribution < -0.4 is 10.6 Å². The van der Waals surface area contributed by atoms with Crippen molar-refractivity contribution in [3.05, 3.63) is 53.2 Å². The summed E-state index contributed by atoms with van der Waals surface area (Å²) in [7, 11) is 0. The van der Waals surface area contributed by atoms with Gasteiger partial charge in [0.15, 0.2) is 0 Å². The second-order valence-electron chi connectivity index (χ2n) is 6.15. The molecule has 0 spiro atoms. The van der Waals surface area contributed by atoms with Crippen molar-refractivity contribution in [2.75, 3.05) is 23.7 Å². The fourth-order valence-electron chi connectivity index (χ4n) is 3.16. The second kappa shape index (κ2) is 7.34. The molecular formula is C19H22N4O2. The van der Waals surface area contributed by atoms with Crippen LogP contribution in [0, 0.1) is 6.92 Å². The van der Waals surface area contributed by atoms with E-state index >= 15 is 0 Å². The topological polar surface area (TPSA) is 92.3 Å². The molecule has 0 bridgehead atoms. The molecule has 0 unspecified atom stereocenters. The molecule has 0 aliphatic carbocycles. The molecule has 0 saturated heterocycles. The van der Waals surface area contributed by atoms with Crippen LogP contribution in [0.5, 0.6) is 0 Å². The van der Waals surface area contributed by atoms with Crippen LogP contribution in [0.3, 0.4) is 0 Å². The summed E-state index contributed by atoms with van der Waals surface area (Å²) in [6.45, 7) is 3.39. The Labute approximate surface area is 147 Å². The number of rotatable bonds is 5. The zero-order valence-electron chi connectivity index (χ0n) is 14.3. The second-order valence-corrected chi connectivity index (χ2v) is 6.15. The molecule has 1 aliphatic heterocycles. The number of hydrogen-bond donors (Lipinski definition) is 2. The third-order valence-corrected chi connectivity index (χ3v) is 4.45. The van der Waals surface area contributed by atoms with Crippen molar-refractivity contribution in [3.8, 4) is 0 Å². The van der Waals surface area contributed by atoms with Crippen LogP contribution in [0.15, 0.2) is 36.4 Å². The third-order valence-electron chi connectivity index (χ3n) is 4.45. The van der Waals surface area contributed by atoms with Gasteiger partial charge in [0.2, 0.25) is 5.95 Å². The zero-order chi connectivity index (χ0) is 17.8. The van der Waals surface area contributed by atoms with E-state index < -0.39 is 5.97 Å². The van der Waals surface area contributed by atoms with E-state index in [9.17, 15) is 4.79 Å². The average Bonchev–Trinajstić information content (AvgIpc) is 2.61. The Kier molecular flexibility index (Phi) is 4.97. The van der Waals surface area contributed by atoms with Crippen molar-refractivity contribution in [2.45, 2.75) is 26.2 Å². The average molecular weight is 338 g/mol. The molecule has 0 radical (unpaired) electrons. The van der Waals surface area contributed by atoms with Gasteiger partial charge in [-0.15, -0.1) is 0 Å². The lowest BCUT2D eigenvalue weighted by molar-refractivity contribution is -0.136. The number of carboxylic acids is 1. The van der Waals surface area contributed by atoms with Crippen LogP contribution in [0.2, 0.25) is 0 Å². The highest BCUT2D eigenvalue weighted by molar-refractivity contribution is 5.70. The summed E-state index contributed by atoms with van der Waals surface area (Å²) in [5, 5.41) is 8.99. The van der Waals surface area contributed by atoms with Crippen LogP contribution >= 0.6 is 0 Å². The van der Waals surface area contributed by atoms with Crippen LogP contribution in [0.25, 0.3) is 5.57 Å². The Bertz CT molecular complexity index is 803. The normalized spacial score (nSPS) is 14.3. The Morgan fingerprint density at radius 3 is 2.68 bits per heavy atom. The van der Waals surface area contributed by atoms with E-state index in [4.69, 9.17) is 10.8 Å². The summed E-state index contributed by atoms with van der Waals surface area (Å²) in [6.07, 6.45) is 3.57. The van der Waals surface area contributed by atoms with Crippen LogP contribution in [-0.4, -0.2) is 34.1 Å². The van der Waals surface area contributed by atoms with E-state index in [2.05, 4.69) is 33.1 Å². The highest BCUT2D eigenvalue weighted by Crippen LogP contribution is 2.28. The van der Waals surface area contributed by atoms with Crippen LogP contribution in [-0.2, 0) is 11.2 Å². The van der Waals surface area contributed by atoms with Gasteiger partial charge in [-0.05, 0) is 30.9 Å². The van der Waals surface area contributed by atoms with Crippen molar-refractivity contribution in [1.82, 2.24) is 9.97 Å². The summed E-state index contributed by atoms with van der Waals surface area (Å²) >= 11 is 0. The molecule has 6 nitrogen and oxygen atoms in total. The summed E-state index contributed by atoms with van der Waals surface area (Å²) < 4.78 is 0. The number of nitrogens with zero attached hydrogens (tertiary/aromatic N) is 3. The summed E-state index contributed by atoms with van der Waals surface area (Å²) in [6, 6.07) is 10.3. The lowest BCUT2D eigenvalue weighted by Gasteiger charge is -2.29. The number of anilines is 2. The zero-order valence-corrected chi connectivity index (χ0v) is 14.3. The molecule has 2 aromatic rings. The van der Waals surface area contributed by atoms with Crippen LogP contribution in [0.4, 0.5) is 11.8 Å². The lowest BCUT2D eigenvalue weighted by Crippen LogP contribution is -2.31. The quantitative estimate of drug-likeness (QED) is 0.871. The fourth-order valence-corrected chi connectivity index (χ4v) is 3.16. The number of nitrogens with two attached hydrogens (primary N) is 1. The predicted molar refractivity (Wildman–Crippen MR) is 98.4 cm³/mol. The Morgan fingerprint density at radius 2 is 2.04 bits per heavy atom. The van der Waals surface area contributed by atoms with Gasteiger partial charge in [-0.1, -0.05) is 36.4 Å². The third kappa shape index (κ3) is 3.96. The summed E-state index contributed by atoms with van der Waals surface area (Å²) in [4.78, 5) is 21.7. The summed E-state index contributed by atoms with van der Waals surface area (Å²) in [5.74, 6) is 0.158. The molecule has 0 saturated carbocycles. The minimum absolute atomic E-state index is 0.0556. The van der Waals surface area contributed by atoms with Gasteiger partial charge in [0, 0.05) is 30.8 Å². The number of aromatic nitrogens is 2. The first-order valence-corrected chi connectivity index (χ1v) is 8.39. The van der Waals surface area contributed by atoms with E-state index in [1.54, 1.807) is 0 Å². The van der Waals surface area contributed by atoms with E-state index in [-0.39, 0.29) is 12.4 Å². The largest absolute Gasteiger partial charge is 0.481 e. The molecule has 1 aromatic carbocycles. The smallest absolute Gasteiger partial charge is 0.303 e. The number of hydrogen-bond acceptors (Lipinski definition) is 5. The minimum Gasteiger partial charge on any atom is -0.481 e. The molecule has 1 aliphatic rings. The number of carbonyl (C=O) groups is 1. The van der Waals surface area contributed by atoms with Crippen molar-refractivity contribution < 1.29 is 9.90 Å². The van der Waals surface area contributed by atoms with E-state index in [1.165, 1.54) is 11.1 Å². The van der Waals surface area contributed by atoms with Gasteiger partial charge in [0.05, 0.1) is 0 Å². The molecule has 3 rings (SSSR count). The first-order valence-electron chi connectivity index (χ1n) is 8.39. The minimum atomic E-state index is -0.827. The van der Waals surface area contributed by atoms with E-state index in [0.29, 0.717) is 6.42 Å². The van der Waals surface area contributed by atoms with Gasteiger partial charge in [-0.3, -0.25) is 4.79 Å². The maximum Gasteiger partial charge on any atom is 0.303 e. The highest BCUT2D eigenvalue weighted by atomic mass is 16.4.